The largest absolute Gasteiger partial charge is 0.322 e. The van der Waals surface area contributed by atoms with Gasteiger partial charge in [-0.1, -0.05) is 24.3 Å². The number of carbonyl (C=O) groups is 1. The molecule has 1 amide bonds. The lowest BCUT2D eigenvalue weighted by Gasteiger charge is -2.10. The molecule has 5 nitrogen and oxygen atoms in total. The van der Waals surface area contributed by atoms with Crippen LogP contribution in [0, 0.1) is 3.57 Å². The van der Waals surface area contributed by atoms with Crippen molar-refractivity contribution in [2.24, 2.45) is 0 Å². The van der Waals surface area contributed by atoms with Crippen molar-refractivity contribution in [3.05, 3.63) is 88.0 Å². The van der Waals surface area contributed by atoms with E-state index >= 15 is 0 Å². The van der Waals surface area contributed by atoms with Crippen molar-refractivity contribution in [1.82, 2.24) is 0 Å². The molecular formula is C19H15IN2O3S. The van der Waals surface area contributed by atoms with Crippen molar-refractivity contribution < 1.29 is 13.2 Å². The van der Waals surface area contributed by atoms with Crippen LogP contribution in [0.15, 0.2) is 83.8 Å². The molecule has 0 saturated carbocycles. The van der Waals surface area contributed by atoms with Gasteiger partial charge >= 0.3 is 0 Å². The molecule has 0 unspecified atom stereocenters. The number of hydrogen-bond acceptors (Lipinski definition) is 3. The van der Waals surface area contributed by atoms with Gasteiger partial charge in [0.05, 0.1) is 4.90 Å². The molecular weight excluding hydrogens is 463 g/mol. The molecule has 0 aliphatic carbocycles. The molecule has 7 heteroatoms. The van der Waals surface area contributed by atoms with E-state index < -0.39 is 10.0 Å². The Labute approximate surface area is 165 Å². The molecule has 0 spiro atoms. The van der Waals surface area contributed by atoms with Gasteiger partial charge in [0.15, 0.2) is 0 Å². The maximum Gasteiger partial charge on any atom is 0.261 e. The van der Waals surface area contributed by atoms with E-state index in [1.807, 2.05) is 18.2 Å². The Balaban J connectivity index is 1.81. The highest BCUT2D eigenvalue weighted by Crippen LogP contribution is 2.19. The molecule has 0 radical (unpaired) electrons. The first-order chi connectivity index (χ1) is 12.4. The second kappa shape index (κ2) is 7.88. The average Bonchev–Trinajstić information content (AvgIpc) is 2.64. The summed E-state index contributed by atoms with van der Waals surface area (Å²) in [4.78, 5) is 12.4. The van der Waals surface area contributed by atoms with E-state index in [4.69, 9.17) is 0 Å². The molecule has 0 aliphatic heterocycles. The highest BCUT2D eigenvalue weighted by Gasteiger charge is 2.16. The number of amides is 1. The molecule has 3 rings (SSSR count). The predicted octanol–water partition coefficient (Wildman–Crippen LogP) is 4.34. The van der Waals surface area contributed by atoms with Crippen molar-refractivity contribution in [3.63, 3.8) is 0 Å². The fraction of sp³-hybridized carbons (Fsp3) is 0. The van der Waals surface area contributed by atoms with Gasteiger partial charge in [0, 0.05) is 20.5 Å². The van der Waals surface area contributed by atoms with E-state index in [9.17, 15) is 13.2 Å². The molecule has 26 heavy (non-hydrogen) atoms. The summed E-state index contributed by atoms with van der Waals surface area (Å²) < 4.78 is 28.7. The summed E-state index contributed by atoms with van der Waals surface area (Å²) in [5.41, 5.74) is 1.37. The third kappa shape index (κ3) is 4.61. The van der Waals surface area contributed by atoms with Crippen LogP contribution < -0.4 is 10.0 Å². The minimum atomic E-state index is -3.79. The number of rotatable bonds is 5. The molecule has 0 atom stereocenters. The number of benzene rings is 3. The van der Waals surface area contributed by atoms with Crippen LogP contribution in [0.2, 0.25) is 0 Å². The first-order valence-corrected chi connectivity index (χ1v) is 10.3. The number of carbonyl (C=O) groups excluding carboxylic acids is 1. The standard InChI is InChI=1S/C19H15IN2O3S/c20-15-9-11-17(12-10-15)22-26(24,25)18-8-4-5-14(13-18)19(23)21-16-6-2-1-3-7-16/h1-13,22H,(H,21,23). The lowest BCUT2D eigenvalue weighted by atomic mass is 10.2. The van der Waals surface area contributed by atoms with Crippen molar-refractivity contribution in [3.8, 4) is 0 Å². The Morgan fingerprint density at radius 3 is 2.19 bits per heavy atom. The van der Waals surface area contributed by atoms with Crippen molar-refractivity contribution in [2.75, 3.05) is 10.0 Å². The van der Waals surface area contributed by atoms with Crippen LogP contribution in [-0.2, 0) is 10.0 Å². The summed E-state index contributed by atoms with van der Waals surface area (Å²) in [6.45, 7) is 0. The monoisotopic (exact) mass is 478 g/mol. The van der Waals surface area contributed by atoms with Gasteiger partial charge in [0.2, 0.25) is 0 Å². The summed E-state index contributed by atoms with van der Waals surface area (Å²) in [7, 11) is -3.79. The fourth-order valence-electron chi connectivity index (χ4n) is 2.26. The number of nitrogens with one attached hydrogen (secondary N) is 2. The van der Waals surface area contributed by atoms with E-state index in [2.05, 4.69) is 32.6 Å². The van der Waals surface area contributed by atoms with E-state index in [1.165, 1.54) is 12.1 Å². The lowest BCUT2D eigenvalue weighted by Crippen LogP contribution is -2.16. The summed E-state index contributed by atoms with van der Waals surface area (Å²) in [6.07, 6.45) is 0. The Morgan fingerprint density at radius 2 is 1.50 bits per heavy atom. The van der Waals surface area contributed by atoms with Crippen LogP contribution in [0.5, 0.6) is 0 Å². The minimum Gasteiger partial charge on any atom is -0.322 e. The van der Waals surface area contributed by atoms with E-state index in [0.717, 1.165) is 3.57 Å². The first-order valence-electron chi connectivity index (χ1n) is 7.69. The molecule has 0 bridgehead atoms. The van der Waals surface area contributed by atoms with Crippen LogP contribution in [-0.4, -0.2) is 14.3 Å². The number of halogens is 1. The third-order valence-electron chi connectivity index (χ3n) is 3.53. The van der Waals surface area contributed by atoms with Gasteiger partial charge in [-0.3, -0.25) is 9.52 Å². The maximum absolute atomic E-state index is 12.6. The molecule has 2 N–H and O–H groups in total. The topological polar surface area (TPSA) is 75.3 Å². The van der Waals surface area contributed by atoms with Gasteiger partial charge in [0.25, 0.3) is 15.9 Å². The number of para-hydroxylation sites is 1. The van der Waals surface area contributed by atoms with E-state index in [1.54, 1.807) is 48.5 Å². The lowest BCUT2D eigenvalue weighted by molar-refractivity contribution is 0.102. The number of hydrogen-bond donors (Lipinski definition) is 2. The SMILES string of the molecule is O=C(Nc1ccccc1)c1cccc(S(=O)(=O)Nc2ccc(I)cc2)c1. The van der Waals surface area contributed by atoms with Gasteiger partial charge in [0.1, 0.15) is 0 Å². The second-order valence-corrected chi connectivity index (χ2v) is 8.39. The molecule has 0 fully saturated rings. The van der Waals surface area contributed by atoms with Crippen LogP contribution in [0.1, 0.15) is 10.4 Å². The predicted molar refractivity (Wildman–Crippen MR) is 111 cm³/mol. The Bertz CT molecular complexity index is 1020. The molecule has 132 valence electrons. The quantitative estimate of drug-likeness (QED) is 0.536. The van der Waals surface area contributed by atoms with Crippen LogP contribution in [0.4, 0.5) is 11.4 Å². The summed E-state index contributed by atoms with van der Waals surface area (Å²) >= 11 is 2.14. The van der Waals surface area contributed by atoms with Crippen molar-refractivity contribution in [2.45, 2.75) is 4.90 Å². The van der Waals surface area contributed by atoms with Gasteiger partial charge in [-0.25, -0.2) is 8.42 Å². The highest BCUT2D eigenvalue weighted by atomic mass is 127. The zero-order valence-electron chi connectivity index (χ0n) is 13.5. The van der Waals surface area contributed by atoms with Crippen LogP contribution in [0.25, 0.3) is 0 Å². The molecule has 0 aromatic heterocycles. The van der Waals surface area contributed by atoms with E-state index in [0.29, 0.717) is 11.4 Å². The first kappa shape index (κ1) is 18.4. The molecule has 0 saturated heterocycles. The van der Waals surface area contributed by atoms with Crippen molar-refractivity contribution >= 4 is 49.9 Å². The third-order valence-corrected chi connectivity index (χ3v) is 5.63. The second-order valence-electron chi connectivity index (χ2n) is 5.46. The number of sulfonamides is 1. The van der Waals surface area contributed by atoms with Gasteiger partial charge in [-0.05, 0) is 77.2 Å². The summed E-state index contributed by atoms with van der Waals surface area (Å²) in [6, 6.07) is 21.9. The normalized spacial score (nSPS) is 11.0. The van der Waals surface area contributed by atoms with E-state index in [-0.39, 0.29) is 16.4 Å². The fourth-order valence-corrected chi connectivity index (χ4v) is 3.72. The smallest absolute Gasteiger partial charge is 0.261 e. The van der Waals surface area contributed by atoms with Gasteiger partial charge in [-0.15, -0.1) is 0 Å². The zero-order valence-corrected chi connectivity index (χ0v) is 16.5. The highest BCUT2D eigenvalue weighted by molar-refractivity contribution is 14.1. The van der Waals surface area contributed by atoms with Crippen LogP contribution in [0.3, 0.4) is 0 Å². The summed E-state index contributed by atoms with van der Waals surface area (Å²) in [5, 5.41) is 2.74. The Morgan fingerprint density at radius 1 is 0.808 bits per heavy atom. The summed E-state index contributed by atoms with van der Waals surface area (Å²) in [5.74, 6) is -0.373. The molecule has 3 aromatic carbocycles. The zero-order chi connectivity index (χ0) is 18.6. The molecule has 0 aliphatic rings. The van der Waals surface area contributed by atoms with Crippen LogP contribution >= 0.6 is 22.6 Å². The Hall–Kier alpha value is -2.39. The maximum atomic E-state index is 12.6. The molecule has 3 aromatic rings. The van der Waals surface area contributed by atoms with Gasteiger partial charge < -0.3 is 5.32 Å². The van der Waals surface area contributed by atoms with Crippen molar-refractivity contribution in [1.29, 1.82) is 0 Å². The number of anilines is 2. The average molecular weight is 478 g/mol. The Kier molecular flexibility index (Phi) is 5.58. The molecule has 0 heterocycles. The van der Waals surface area contributed by atoms with Gasteiger partial charge in [-0.2, -0.15) is 0 Å². The minimum absolute atomic E-state index is 0.0248.